The SMILES string of the molecule is CCCCCC(C)Nc1ccc(C)cc1F. The van der Waals surface area contributed by atoms with Crippen molar-refractivity contribution >= 4 is 5.69 Å². The maximum Gasteiger partial charge on any atom is 0.146 e. The average molecular weight is 223 g/mol. The summed E-state index contributed by atoms with van der Waals surface area (Å²) in [6, 6.07) is 5.66. The minimum Gasteiger partial charge on any atom is -0.380 e. The number of rotatable bonds is 6. The zero-order chi connectivity index (χ0) is 12.0. The highest BCUT2D eigenvalue weighted by Gasteiger charge is 2.05. The van der Waals surface area contributed by atoms with Gasteiger partial charge in [0.15, 0.2) is 0 Å². The third-order valence-electron chi connectivity index (χ3n) is 2.77. The maximum atomic E-state index is 13.5. The first-order chi connectivity index (χ1) is 7.63. The largest absolute Gasteiger partial charge is 0.380 e. The van der Waals surface area contributed by atoms with Crippen LogP contribution < -0.4 is 5.32 Å². The second kappa shape index (κ2) is 6.51. The highest BCUT2D eigenvalue weighted by atomic mass is 19.1. The van der Waals surface area contributed by atoms with E-state index in [1.54, 1.807) is 6.07 Å². The number of hydrogen-bond acceptors (Lipinski definition) is 1. The third-order valence-corrected chi connectivity index (χ3v) is 2.77. The van der Waals surface area contributed by atoms with E-state index in [9.17, 15) is 4.39 Å². The Morgan fingerprint density at radius 1 is 1.31 bits per heavy atom. The van der Waals surface area contributed by atoms with Crippen LogP contribution in [-0.4, -0.2) is 6.04 Å². The Bertz CT molecular complexity index is 323. The van der Waals surface area contributed by atoms with E-state index < -0.39 is 0 Å². The summed E-state index contributed by atoms with van der Waals surface area (Å²) in [5.41, 5.74) is 1.58. The molecular formula is C14H22FN. The standard InChI is InChI=1S/C14H22FN/c1-4-5-6-7-12(3)16-14-9-8-11(2)10-13(14)15/h8-10,12,16H,4-7H2,1-3H3. The molecule has 0 aliphatic rings. The van der Waals surface area contributed by atoms with E-state index in [1.807, 2.05) is 19.1 Å². The van der Waals surface area contributed by atoms with Crippen molar-refractivity contribution in [2.45, 2.75) is 52.5 Å². The number of anilines is 1. The normalized spacial score (nSPS) is 12.5. The number of hydrogen-bond donors (Lipinski definition) is 1. The highest BCUT2D eigenvalue weighted by molar-refractivity contribution is 5.46. The molecule has 0 saturated heterocycles. The van der Waals surface area contributed by atoms with Gasteiger partial charge >= 0.3 is 0 Å². The molecule has 90 valence electrons. The molecule has 0 aliphatic heterocycles. The molecular weight excluding hydrogens is 201 g/mol. The summed E-state index contributed by atoms with van der Waals surface area (Å²) in [4.78, 5) is 0. The zero-order valence-corrected chi connectivity index (χ0v) is 10.5. The van der Waals surface area contributed by atoms with E-state index in [1.165, 1.54) is 19.3 Å². The Balaban J connectivity index is 2.46. The van der Waals surface area contributed by atoms with E-state index in [0.29, 0.717) is 11.7 Å². The van der Waals surface area contributed by atoms with E-state index in [-0.39, 0.29) is 5.82 Å². The van der Waals surface area contributed by atoms with Gasteiger partial charge in [0.25, 0.3) is 0 Å². The van der Waals surface area contributed by atoms with Gasteiger partial charge in [-0.15, -0.1) is 0 Å². The summed E-state index contributed by atoms with van der Waals surface area (Å²) in [6.07, 6.45) is 4.79. The van der Waals surface area contributed by atoms with Crippen molar-refractivity contribution in [3.63, 3.8) is 0 Å². The van der Waals surface area contributed by atoms with Crippen molar-refractivity contribution in [1.82, 2.24) is 0 Å². The van der Waals surface area contributed by atoms with Gasteiger partial charge in [0.1, 0.15) is 5.82 Å². The molecule has 1 unspecified atom stereocenters. The third kappa shape index (κ3) is 4.21. The Labute approximate surface area is 98.1 Å². The molecule has 2 heteroatoms. The second-order valence-electron chi connectivity index (χ2n) is 4.52. The summed E-state index contributed by atoms with van der Waals surface area (Å²) in [7, 11) is 0. The average Bonchev–Trinajstić information content (AvgIpc) is 2.23. The summed E-state index contributed by atoms with van der Waals surface area (Å²) in [6.45, 7) is 6.20. The molecule has 0 saturated carbocycles. The van der Waals surface area contributed by atoms with Crippen LogP contribution in [0.15, 0.2) is 18.2 Å². The molecule has 0 bridgehead atoms. The maximum absolute atomic E-state index is 13.5. The highest BCUT2D eigenvalue weighted by Crippen LogP contribution is 2.17. The van der Waals surface area contributed by atoms with Gasteiger partial charge in [-0.1, -0.05) is 32.3 Å². The van der Waals surface area contributed by atoms with Crippen molar-refractivity contribution in [3.8, 4) is 0 Å². The Hall–Kier alpha value is -1.05. The monoisotopic (exact) mass is 223 g/mol. The molecule has 1 aromatic carbocycles. The Morgan fingerprint density at radius 2 is 2.06 bits per heavy atom. The van der Waals surface area contributed by atoms with Gasteiger partial charge in [0.2, 0.25) is 0 Å². The van der Waals surface area contributed by atoms with Gasteiger partial charge in [-0.3, -0.25) is 0 Å². The van der Waals surface area contributed by atoms with Gasteiger partial charge in [-0.05, 0) is 38.0 Å². The van der Waals surface area contributed by atoms with Crippen LogP contribution in [0, 0.1) is 12.7 Å². The van der Waals surface area contributed by atoms with Crippen LogP contribution in [0.25, 0.3) is 0 Å². The quantitative estimate of drug-likeness (QED) is 0.699. The lowest BCUT2D eigenvalue weighted by atomic mass is 10.1. The lowest BCUT2D eigenvalue weighted by Crippen LogP contribution is -2.15. The van der Waals surface area contributed by atoms with Crippen molar-refractivity contribution < 1.29 is 4.39 Å². The predicted octanol–water partition coefficient (Wildman–Crippen LogP) is 4.51. The Kier molecular flexibility index (Phi) is 5.30. The van der Waals surface area contributed by atoms with E-state index in [0.717, 1.165) is 12.0 Å². The van der Waals surface area contributed by atoms with Crippen LogP contribution in [0.2, 0.25) is 0 Å². The van der Waals surface area contributed by atoms with Gasteiger partial charge in [0, 0.05) is 6.04 Å². The molecule has 1 rings (SSSR count). The second-order valence-corrected chi connectivity index (χ2v) is 4.52. The summed E-state index contributed by atoms with van der Waals surface area (Å²) < 4.78 is 13.5. The van der Waals surface area contributed by atoms with Crippen molar-refractivity contribution in [2.24, 2.45) is 0 Å². The van der Waals surface area contributed by atoms with E-state index in [2.05, 4.69) is 19.2 Å². The van der Waals surface area contributed by atoms with Gasteiger partial charge in [0.05, 0.1) is 5.69 Å². The fourth-order valence-corrected chi connectivity index (χ4v) is 1.78. The molecule has 0 fully saturated rings. The molecule has 16 heavy (non-hydrogen) atoms. The number of halogens is 1. The van der Waals surface area contributed by atoms with E-state index >= 15 is 0 Å². The lowest BCUT2D eigenvalue weighted by molar-refractivity contribution is 0.599. The van der Waals surface area contributed by atoms with Crippen molar-refractivity contribution in [2.75, 3.05) is 5.32 Å². The molecule has 0 amide bonds. The first-order valence-electron chi connectivity index (χ1n) is 6.16. The van der Waals surface area contributed by atoms with E-state index in [4.69, 9.17) is 0 Å². The van der Waals surface area contributed by atoms with Crippen LogP contribution in [0.5, 0.6) is 0 Å². The smallest absolute Gasteiger partial charge is 0.146 e. The number of benzene rings is 1. The topological polar surface area (TPSA) is 12.0 Å². The number of aryl methyl sites for hydroxylation is 1. The molecule has 1 atom stereocenters. The fraction of sp³-hybridized carbons (Fsp3) is 0.571. The molecule has 0 aromatic heterocycles. The molecule has 0 aliphatic carbocycles. The summed E-state index contributed by atoms with van der Waals surface area (Å²) in [5.74, 6) is -0.151. The lowest BCUT2D eigenvalue weighted by Gasteiger charge is -2.15. The first-order valence-corrected chi connectivity index (χ1v) is 6.16. The molecule has 1 nitrogen and oxygen atoms in total. The number of unbranched alkanes of at least 4 members (excludes halogenated alkanes) is 2. The van der Waals surface area contributed by atoms with Crippen LogP contribution in [-0.2, 0) is 0 Å². The minimum absolute atomic E-state index is 0.151. The molecule has 1 aromatic rings. The molecule has 0 heterocycles. The predicted molar refractivity (Wildman–Crippen MR) is 68.4 cm³/mol. The summed E-state index contributed by atoms with van der Waals surface area (Å²) >= 11 is 0. The van der Waals surface area contributed by atoms with Crippen LogP contribution in [0.1, 0.15) is 45.1 Å². The van der Waals surface area contributed by atoms with Crippen LogP contribution in [0.3, 0.4) is 0 Å². The molecule has 0 radical (unpaired) electrons. The van der Waals surface area contributed by atoms with Gasteiger partial charge < -0.3 is 5.32 Å². The fourth-order valence-electron chi connectivity index (χ4n) is 1.78. The first kappa shape index (κ1) is 13.0. The Morgan fingerprint density at radius 3 is 2.69 bits per heavy atom. The van der Waals surface area contributed by atoms with Gasteiger partial charge in [-0.2, -0.15) is 0 Å². The minimum atomic E-state index is -0.151. The molecule has 0 spiro atoms. The van der Waals surface area contributed by atoms with Crippen molar-refractivity contribution in [1.29, 1.82) is 0 Å². The zero-order valence-electron chi connectivity index (χ0n) is 10.5. The van der Waals surface area contributed by atoms with Crippen LogP contribution >= 0.6 is 0 Å². The van der Waals surface area contributed by atoms with Crippen LogP contribution in [0.4, 0.5) is 10.1 Å². The van der Waals surface area contributed by atoms with Gasteiger partial charge in [-0.25, -0.2) is 4.39 Å². The number of nitrogens with one attached hydrogen (secondary N) is 1. The van der Waals surface area contributed by atoms with Crippen molar-refractivity contribution in [3.05, 3.63) is 29.6 Å². The summed E-state index contributed by atoms with van der Waals surface area (Å²) in [5, 5.41) is 3.22. The molecule has 1 N–H and O–H groups in total.